The Bertz CT molecular complexity index is 543. The van der Waals surface area contributed by atoms with Crippen LogP contribution in [0.5, 0.6) is 5.88 Å². The van der Waals surface area contributed by atoms with Crippen LogP contribution in [0.25, 0.3) is 0 Å². The molecule has 0 atom stereocenters. The number of rotatable bonds is 10. The average Bonchev–Trinajstić information content (AvgIpc) is 2.40. The molecule has 0 amide bonds. The maximum atomic E-state index is 11.7. The summed E-state index contributed by atoms with van der Waals surface area (Å²) in [7, 11) is -2.02. The number of nitrogens with zero attached hydrogens (tertiary/aromatic N) is 1. The van der Waals surface area contributed by atoms with Crippen LogP contribution in [0.4, 0.5) is 5.69 Å². The third kappa shape index (κ3) is 7.47. The van der Waals surface area contributed by atoms with Crippen molar-refractivity contribution >= 4 is 21.7 Å². The fourth-order valence-corrected chi connectivity index (χ4v) is 2.51. The van der Waals surface area contributed by atoms with E-state index in [9.17, 15) is 13.2 Å². The van der Waals surface area contributed by atoms with Gasteiger partial charge in [-0.2, -0.15) is 0 Å². The monoisotopic (exact) mass is 318 g/mol. The molecule has 0 bridgehead atoms. The lowest BCUT2D eigenvalue weighted by atomic mass is 10.3. The minimum absolute atomic E-state index is 0.0519. The fourth-order valence-electron chi connectivity index (χ4n) is 1.40. The summed E-state index contributed by atoms with van der Waals surface area (Å²) in [5.74, 6) is -0.920. The van der Waals surface area contributed by atoms with Gasteiger partial charge in [0.05, 0.1) is 24.2 Å². The number of sulfonamides is 1. The summed E-state index contributed by atoms with van der Waals surface area (Å²) in [5.41, 5.74) is 0.296. The molecule has 0 aromatic carbocycles. The van der Waals surface area contributed by atoms with Crippen LogP contribution in [0.3, 0.4) is 0 Å². The van der Waals surface area contributed by atoms with E-state index in [1.54, 1.807) is 7.11 Å². The Kier molecular flexibility index (Phi) is 6.89. The third-order valence-electron chi connectivity index (χ3n) is 2.35. The van der Waals surface area contributed by atoms with Gasteiger partial charge in [0.15, 0.2) is 0 Å². The average molecular weight is 318 g/mol. The highest BCUT2D eigenvalue weighted by Crippen LogP contribution is 2.13. The molecule has 1 aromatic rings. The van der Waals surface area contributed by atoms with Crippen LogP contribution in [0.2, 0.25) is 0 Å². The van der Waals surface area contributed by atoms with Crippen molar-refractivity contribution < 1.29 is 27.8 Å². The number of anilines is 1. The molecule has 1 rings (SSSR count). The van der Waals surface area contributed by atoms with Gasteiger partial charge >= 0.3 is 5.97 Å². The molecule has 0 saturated heterocycles. The molecule has 0 aliphatic heterocycles. The summed E-state index contributed by atoms with van der Waals surface area (Å²) in [6, 6.07) is 3.05. The predicted molar refractivity (Wildman–Crippen MR) is 75.9 cm³/mol. The number of carboxylic acid groups (broad SMARTS) is 1. The summed E-state index contributed by atoms with van der Waals surface area (Å²) in [6.45, 7) is 0.781. The molecule has 1 aromatic heterocycles. The van der Waals surface area contributed by atoms with Gasteiger partial charge < -0.3 is 14.6 Å². The number of aliphatic carboxylic acids is 1. The molecular formula is C12H18N2O6S. The molecule has 0 aliphatic carbocycles. The first kappa shape index (κ1) is 17.2. The van der Waals surface area contributed by atoms with Gasteiger partial charge in [-0.1, -0.05) is 0 Å². The SMILES string of the molecule is COCCOc1ccc(NS(=O)(=O)CCCC(=O)O)cn1. The summed E-state index contributed by atoms with van der Waals surface area (Å²) in [6.07, 6.45) is 1.19. The number of ether oxygens (including phenoxy) is 2. The Morgan fingerprint density at radius 1 is 1.38 bits per heavy atom. The van der Waals surface area contributed by atoms with Crippen LogP contribution >= 0.6 is 0 Å². The second kappa shape index (κ2) is 8.42. The number of methoxy groups -OCH3 is 1. The van der Waals surface area contributed by atoms with Crippen molar-refractivity contribution in [1.82, 2.24) is 4.98 Å². The van der Waals surface area contributed by atoms with Crippen molar-refractivity contribution in [2.45, 2.75) is 12.8 Å². The first-order chi connectivity index (χ1) is 9.93. The molecule has 118 valence electrons. The van der Waals surface area contributed by atoms with E-state index < -0.39 is 16.0 Å². The van der Waals surface area contributed by atoms with Crippen molar-refractivity contribution in [1.29, 1.82) is 0 Å². The molecule has 0 aliphatic rings. The second-order valence-corrected chi connectivity index (χ2v) is 5.99. The van der Waals surface area contributed by atoms with Crippen LogP contribution in [-0.2, 0) is 19.6 Å². The third-order valence-corrected chi connectivity index (χ3v) is 3.72. The minimum atomic E-state index is -3.58. The maximum Gasteiger partial charge on any atom is 0.303 e. The van der Waals surface area contributed by atoms with E-state index in [1.807, 2.05) is 0 Å². The molecule has 0 saturated carbocycles. The van der Waals surface area contributed by atoms with Crippen LogP contribution in [-0.4, -0.2) is 50.6 Å². The van der Waals surface area contributed by atoms with Crippen molar-refractivity contribution in [2.75, 3.05) is 30.8 Å². The topological polar surface area (TPSA) is 115 Å². The Hall–Kier alpha value is -1.87. The van der Waals surface area contributed by atoms with Gasteiger partial charge in [-0.05, 0) is 12.5 Å². The van der Waals surface area contributed by atoms with Gasteiger partial charge in [0.1, 0.15) is 6.61 Å². The predicted octanol–water partition coefficient (Wildman–Crippen LogP) is 0.713. The lowest BCUT2D eigenvalue weighted by Gasteiger charge is -2.08. The first-order valence-corrected chi connectivity index (χ1v) is 7.88. The zero-order valence-electron chi connectivity index (χ0n) is 11.6. The Balaban J connectivity index is 2.48. The van der Waals surface area contributed by atoms with Crippen molar-refractivity contribution in [3.63, 3.8) is 0 Å². The maximum absolute atomic E-state index is 11.7. The van der Waals surface area contributed by atoms with Gasteiger partial charge in [-0.15, -0.1) is 0 Å². The first-order valence-electron chi connectivity index (χ1n) is 6.23. The molecule has 1 heterocycles. The summed E-state index contributed by atoms with van der Waals surface area (Å²) >= 11 is 0. The Labute approximate surface area is 123 Å². The molecule has 0 fully saturated rings. The van der Waals surface area contributed by atoms with Gasteiger partial charge in [0.25, 0.3) is 0 Å². The molecule has 0 spiro atoms. The molecule has 8 nitrogen and oxygen atoms in total. The molecule has 21 heavy (non-hydrogen) atoms. The molecule has 0 radical (unpaired) electrons. The van der Waals surface area contributed by atoms with E-state index in [0.29, 0.717) is 24.8 Å². The molecule has 9 heteroatoms. The highest BCUT2D eigenvalue weighted by molar-refractivity contribution is 7.92. The Morgan fingerprint density at radius 2 is 2.14 bits per heavy atom. The number of hydrogen-bond acceptors (Lipinski definition) is 6. The van der Waals surface area contributed by atoms with E-state index in [0.717, 1.165) is 0 Å². The van der Waals surface area contributed by atoms with Crippen molar-refractivity contribution in [2.24, 2.45) is 0 Å². The molecule has 0 unspecified atom stereocenters. The van der Waals surface area contributed by atoms with Crippen LogP contribution in [0, 0.1) is 0 Å². The number of carboxylic acids is 1. The van der Waals surface area contributed by atoms with E-state index in [2.05, 4.69) is 9.71 Å². The number of nitrogens with one attached hydrogen (secondary N) is 1. The fraction of sp³-hybridized carbons (Fsp3) is 0.500. The van der Waals surface area contributed by atoms with Crippen LogP contribution in [0.15, 0.2) is 18.3 Å². The normalized spacial score (nSPS) is 11.1. The van der Waals surface area contributed by atoms with E-state index in [4.69, 9.17) is 14.6 Å². The van der Waals surface area contributed by atoms with Crippen molar-refractivity contribution in [3.8, 4) is 5.88 Å². The van der Waals surface area contributed by atoms with Gasteiger partial charge in [-0.3, -0.25) is 9.52 Å². The van der Waals surface area contributed by atoms with Crippen LogP contribution in [0.1, 0.15) is 12.8 Å². The smallest absolute Gasteiger partial charge is 0.303 e. The largest absolute Gasteiger partial charge is 0.481 e. The van der Waals surface area contributed by atoms with Gasteiger partial charge in [0.2, 0.25) is 15.9 Å². The molecule has 2 N–H and O–H groups in total. The minimum Gasteiger partial charge on any atom is -0.481 e. The van der Waals surface area contributed by atoms with Gasteiger partial charge in [0, 0.05) is 19.6 Å². The highest BCUT2D eigenvalue weighted by atomic mass is 32.2. The van der Waals surface area contributed by atoms with E-state index in [1.165, 1.54) is 18.3 Å². The summed E-state index contributed by atoms with van der Waals surface area (Å²) < 4.78 is 35.8. The zero-order chi connectivity index (χ0) is 15.7. The zero-order valence-corrected chi connectivity index (χ0v) is 12.4. The second-order valence-electron chi connectivity index (χ2n) is 4.14. The number of pyridine rings is 1. The number of aromatic nitrogens is 1. The van der Waals surface area contributed by atoms with Crippen LogP contribution < -0.4 is 9.46 Å². The lowest BCUT2D eigenvalue weighted by Crippen LogP contribution is -2.17. The highest BCUT2D eigenvalue weighted by Gasteiger charge is 2.11. The standard InChI is InChI=1S/C12H18N2O6S/c1-19-6-7-20-11-5-4-10(9-13-11)14-21(17,18)8-2-3-12(15)16/h4-5,9,14H,2-3,6-8H2,1H3,(H,15,16). The number of hydrogen-bond donors (Lipinski definition) is 2. The summed E-state index contributed by atoms with van der Waals surface area (Å²) in [4.78, 5) is 14.3. The van der Waals surface area contributed by atoms with E-state index in [-0.39, 0.29) is 18.6 Å². The van der Waals surface area contributed by atoms with E-state index >= 15 is 0 Å². The quantitative estimate of drug-likeness (QED) is 0.610. The van der Waals surface area contributed by atoms with Gasteiger partial charge in [-0.25, -0.2) is 13.4 Å². The Morgan fingerprint density at radius 3 is 2.71 bits per heavy atom. The summed E-state index contributed by atoms with van der Waals surface area (Å²) in [5, 5.41) is 8.47. The lowest BCUT2D eigenvalue weighted by molar-refractivity contribution is -0.137. The van der Waals surface area contributed by atoms with Crippen molar-refractivity contribution in [3.05, 3.63) is 18.3 Å². The molecular weight excluding hydrogens is 300 g/mol. The number of carbonyl (C=O) groups is 1.